The second-order valence-corrected chi connectivity index (χ2v) is 8.08. The molecular weight excluding hydrogens is 308 g/mol. The molecule has 0 saturated carbocycles. The van der Waals surface area contributed by atoms with Crippen molar-refractivity contribution in [1.29, 1.82) is 0 Å². The zero-order valence-electron chi connectivity index (χ0n) is 14.2. The molecule has 2 aliphatic heterocycles. The normalized spacial score (nSPS) is 24.2. The van der Waals surface area contributed by atoms with Crippen molar-refractivity contribution in [2.45, 2.75) is 45.1 Å². The molecule has 2 saturated heterocycles. The molecule has 5 nitrogen and oxygen atoms in total. The Bertz CT molecular complexity index is 538. The fraction of sp³-hybridized carbons (Fsp3) is 0.765. The molecule has 0 radical (unpaired) electrons. The number of hydrogen-bond donors (Lipinski definition) is 2. The van der Waals surface area contributed by atoms with Gasteiger partial charge in [-0.05, 0) is 64.6 Å². The first-order chi connectivity index (χ1) is 11.1. The smallest absolute Gasteiger partial charge is 0.237 e. The van der Waals surface area contributed by atoms with Gasteiger partial charge in [0.2, 0.25) is 5.91 Å². The monoisotopic (exact) mass is 336 g/mol. The lowest BCUT2D eigenvalue weighted by molar-refractivity contribution is -0.125. The number of nitrogens with one attached hydrogen (secondary N) is 2. The van der Waals surface area contributed by atoms with Gasteiger partial charge < -0.3 is 10.6 Å². The van der Waals surface area contributed by atoms with Crippen molar-refractivity contribution in [3.63, 3.8) is 0 Å². The lowest BCUT2D eigenvalue weighted by Crippen LogP contribution is -2.41. The van der Waals surface area contributed by atoms with Gasteiger partial charge in [0.05, 0.1) is 17.2 Å². The zero-order valence-corrected chi connectivity index (χ0v) is 15.0. The van der Waals surface area contributed by atoms with Crippen molar-refractivity contribution in [2.24, 2.45) is 5.41 Å². The number of thiazole rings is 1. The van der Waals surface area contributed by atoms with Crippen LogP contribution in [0.25, 0.3) is 0 Å². The van der Waals surface area contributed by atoms with Gasteiger partial charge in [-0.1, -0.05) is 0 Å². The van der Waals surface area contributed by atoms with Gasteiger partial charge in [0.25, 0.3) is 0 Å². The zero-order chi connectivity index (χ0) is 16.3. The summed E-state index contributed by atoms with van der Waals surface area (Å²) in [4.78, 5) is 20.4. The molecule has 23 heavy (non-hydrogen) atoms. The second kappa shape index (κ2) is 7.28. The first-order valence-corrected chi connectivity index (χ1v) is 9.55. The molecular formula is C17H28N4OS. The number of likely N-dealkylation sites (tertiary alicyclic amines) is 1. The van der Waals surface area contributed by atoms with Crippen LogP contribution in [0, 0.1) is 12.3 Å². The third-order valence-electron chi connectivity index (χ3n) is 5.43. The quantitative estimate of drug-likeness (QED) is 0.802. The maximum Gasteiger partial charge on any atom is 0.237 e. The fourth-order valence-corrected chi connectivity index (χ4v) is 4.85. The van der Waals surface area contributed by atoms with Crippen molar-refractivity contribution in [1.82, 2.24) is 20.5 Å². The van der Waals surface area contributed by atoms with Gasteiger partial charge >= 0.3 is 0 Å². The van der Waals surface area contributed by atoms with E-state index in [0.29, 0.717) is 5.41 Å². The van der Waals surface area contributed by atoms with E-state index in [4.69, 9.17) is 0 Å². The van der Waals surface area contributed by atoms with Crippen LogP contribution < -0.4 is 10.6 Å². The molecule has 2 fully saturated rings. The van der Waals surface area contributed by atoms with Gasteiger partial charge in [-0.15, -0.1) is 11.3 Å². The highest BCUT2D eigenvalue weighted by Gasteiger charge is 2.45. The van der Waals surface area contributed by atoms with E-state index < -0.39 is 0 Å². The summed E-state index contributed by atoms with van der Waals surface area (Å²) in [7, 11) is 2.10. The Morgan fingerprint density at radius 2 is 2.30 bits per heavy atom. The molecule has 2 N–H and O–H groups in total. The van der Waals surface area contributed by atoms with Crippen LogP contribution in [0.4, 0.5) is 0 Å². The molecule has 128 valence electrons. The van der Waals surface area contributed by atoms with Gasteiger partial charge in [0.1, 0.15) is 0 Å². The predicted molar refractivity (Wildman–Crippen MR) is 93.8 cm³/mol. The van der Waals surface area contributed by atoms with Crippen LogP contribution in [0.15, 0.2) is 5.51 Å². The summed E-state index contributed by atoms with van der Waals surface area (Å²) in [6.45, 7) is 6.06. The molecule has 6 heteroatoms. The highest BCUT2D eigenvalue weighted by atomic mass is 32.1. The molecule has 3 heterocycles. The van der Waals surface area contributed by atoms with Gasteiger partial charge in [-0.25, -0.2) is 4.98 Å². The van der Waals surface area contributed by atoms with Gasteiger partial charge in [-0.3, -0.25) is 9.69 Å². The number of likely N-dealkylation sites (N-methyl/N-ethyl adjacent to an activating group) is 1. The lowest BCUT2D eigenvalue weighted by atomic mass is 9.77. The minimum Gasteiger partial charge on any atom is -0.355 e. The van der Waals surface area contributed by atoms with Crippen LogP contribution in [0.5, 0.6) is 0 Å². The van der Waals surface area contributed by atoms with Crippen LogP contribution in [-0.4, -0.2) is 55.1 Å². The Balaban J connectivity index is 1.44. The Hall–Kier alpha value is -0.980. The third-order valence-corrected chi connectivity index (χ3v) is 6.43. The van der Waals surface area contributed by atoms with Crippen molar-refractivity contribution in [2.75, 3.05) is 33.2 Å². The Morgan fingerprint density at radius 1 is 1.52 bits per heavy atom. The number of hydrogen-bond acceptors (Lipinski definition) is 5. The Morgan fingerprint density at radius 3 is 3.00 bits per heavy atom. The number of piperidine rings is 1. The average Bonchev–Trinajstić information content (AvgIpc) is 3.08. The highest BCUT2D eigenvalue weighted by molar-refractivity contribution is 7.09. The first kappa shape index (κ1) is 16.9. The second-order valence-electron chi connectivity index (χ2n) is 7.14. The number of aryl methyl sites for hydroxylation is 2. The summed E-state index contributed by atoms with van der Waals surface area (Å²) in [6.07, 6.45) is 5.41. The standard InChI is InChI=1S/C17H28N4OS/c1-13-15(23-12-20-13)4-3-7-19-16(22)14-10-17(11-21(14)2)5-8-18-9-6-17/h12,14,18H,3-11H2,1-2H3,(H,19,22)/t14-/m0/s1. The summed E-state index contributed by atoms with van der Waals surface area (Å²) in [5.41, 5.74) is 3.39. The molecule has 0 bridgehead atoms. The summed E-state index contributed by atoms with van der Waals surface area (Å²) in [6, 6.07) is 0.0539. The van der Waals surface area contributed by atoms with Crippen LogP contribution in [0.3, 0.4) is 0 Å². The molecule has 3 rings (SSSR count). The molecule has 2 aliphatic rings. The molecule has 1 aromatic rings. The van der Waals surface area contributed by atoms with Gasteiger partial charge in [-0.2, -0.15) is 0 Å². The highest BCUT2D eigenvalue weighted by Crippen LogP contribution is 2.41. The van der Waals surface area contributed by atoms with Crippen LogP contribution in [0.2, 0.25) is 0 Å². The van der Waals surface area contributed by atoms with Crippen molar-refractivity contribution < 1.29 is 4.79 Å². The maximum atomic E-state index is 12.5. The summed E-state index contributed by atoms with van der Waals surface area (Å²) in [5.74, 6) is 0.212. The number of nitrogens with zero attached hydrogens (tertiary/aromatic N) is 2. The Kier molecular flexibility index (Phi) is 5.34. The van der Waals surface area contributed by atoms with E-state index in [9.17, 15) is 4.79 Å². The minimum absolute atomic E-state index is 0.0539. The van der Waals surface area contributed by atoms with E-state index in [2.05, 4.69) is 34.5 Å². The van der Waals surface area contributed by atoms with Crippen LogP contribution in [0.1, 0.15) is 36.3 Å². The van der Waals surface area contributed by atoms with E-state index in [-0.39, 0.29) is 11.9 Å². The first-order valence-electron chi connectivity index (χ1n) is 8.67. The molecule has 0 aliphatic carbocycles. The summed E-state index contributed by atoms with van der Waals surface area (Å²) in [5, 5.41) is 6.58. The topological polar surface area (TPSA) is 57.3 Å². The van der Waals surface area contributed by atoms with E-state index in [1.807, 2.05) is 5.51 Å². The number of carbonyl (C=O) groups is 1. The van der Waals surface area contributed by atoms with E-state index in [1.54, 1.807) is 11.3 Å². The summed E-state index contributed by atoms with van der Waals surface area (Å²) < 4.78 is 0. The van der Waals surface area contributed by atoms with Gasteiger partial charge in [0.15, 0.2) is 0 Å². The minimum atomic E-state index is 0.0539. The van der Waals surface area contributed by atoms with Crippen LogP contribution in [-0.2, 0) is 11.2 Å². The average molecular weight is 337 g/mol. The van der Waals surface area contributed by atoms with E-state index >= 15 is 0 Å². The predicted octanol–water partition coefficient (Wildman–Crippen LogP) is 1.57. The van der Waals surface area contributed by atoms with Crippen molar-refractivity contribution >= 4 is 17.2 Å². The largest absolute Gasteiger partial charge is 0.355 e. The SMILES string of the molecule is Cc1ncsc1CCCNC(=O)[C@@H]1CC2(CCNCC2)CN1C. The molecule has 1 spiro atoms. The molecule has 0 unspecified atom stereocenters. The number of carbonyl (C=O) groups excluding carboxylic acids is 1. The molecule has 1 amide bonds. The molecule has 1 atom stereocenters. The number of rotatable bonds is 5. The van der Waals surface area contributed by atoms with Crippen LogP contribution >= 0.6 is 11.3 Å². The van der Waals surface area contributed by atoms with E-state index in [1.165, 1.54) is 17.7 Å². The third kappa shape index (κ3) is 3.92. The van der Waals surface area contributed by atoms with Gasteiger partial charge in [0, 0.05) is 18.0 Å². The molecule has 0 aromatic carbocycles. The number of aromatic nitrogens is 1. The number of amides is 1. The fourth-order valence-electron chi connectivity index (χ4n) is 4.03. The summed E-state index contributed by atoms with van der Waals surface area (Å²) >= 11 is 1.71. The van der Waals surface area contributed by atoms with Crippen molar-refractivity contribution in [3.05, 3.63) is 16.1 Å². The maximum absolute atomic E-state index is 12.5. The molecule has 1 aromatic heterocycles. The van der Waals surface area contributed by atoms with Crippen molar-refractivity contribution in [3.8, 4) is 0 Å². The Labute approximate surface area is 142 Å². The van der Waals surface area contributed by atoms with E-state index in [0.717, 1.165) is 51.1 Å². The lowest BCUT2D eigenvalue weighted by Gasteiger charge is -2.33.